The summed E-state index contributed by atoms with van der Waals surface area (Å²) in [7, 11) is 0. The smallest absolute Gasteiger partial charge is 0.240 e. The van der Waals surface area contributed by atoms with Crippen molar-refractivity contribution in [3.8, 4) is 22.5 Å². The first-order chi connectivity index (χ1) is 15.6. The van der Waals surface area contributed by atoms with Crippen LogP contribution in [0.2, 0.25) is 0 Å². The molecule has 0 radical (unpaired) electrons. The molecule has 1 aliphatic heterocycles. The molecule has 8 nitrogen and oxygen atoms in total. The minimum absolute atomic E-state index is 0.0848. The van der Waals surface area contributed by atoms with E-state index in [2.05, 4.69) is 25.9 Å². The molecule has 1 aliphatic rings. The molecule has 0 fully saturated rings. The molecule has 0 saturated carbocycles. The van der Waals surface area contributed by atoms with E-state index in [9.17, 15) is 14.0 Å². The van der Waals surface area contributed by atoms with Crippen LogP contribution in [-0.2, 0) is 16.1 Å². The molecular weight excluding hydrogens is 411 g/mol. The Kier molecular flexibility index (Phi) is 6.64. The van der Waals surface area contributed by atoms with E-state index >= 15 is 0 Å². The zero-order valence-corrected chi connectivity index (χ0v) is 17.4. The van der Waals surface area contributed by atoms with Crippen molar-refractivity contribution in [3.63, 3.8) is 0 Å². The van der Waals surface area contributed by atoms with Gasteiger partial charge in [-0.15, -0.1) is 0 Å². The predicted molar refractivity (Wildman–Crippen MR) is 118 cm³/mol. The summed E-state index contributed by atoms with van der Waals surface area (Å²) < 4.78 is 15.1. The van der Waals surface area contributed by atoms with Crippen LogP contribution in [0.25, 0.3) is 22.5 Å². The molecule has 2 amide bonds. The number of nitrogens with zero attached hydrogens (tertiary/aromatic N) is 4. The molecule has 3 aromatic rings. The molecule has 2 N–H and O–H groups in total. The number of carbonyl (C=O) groups is 2. The second-order valence-electron chi connectivity index (χ2n) is 7.45. The first-order valence-corrected chi connectivity index (χ1v) is 10.4. The number of aromatic nitrogens is 3. The summed E-state index contributed by atoms with van der Waals surface area (Å²) in [5.41, 5.74) is 6.55. The lowest BCUT2D eigenvalue weighted by atomic mass is 10.1. The van der Waals surface area contributed by atoms with Crippen LogP contribution < -0.4 is 10.7 Å². The summed E-state index contributed by atoms with van der Waals surface area (Å²) >= 11 is 0. The Hall–Kier alpha value is -3.88. The van der Waals surface area contributed by atoms with Gasteiger partial charge < -0.3 is 5.32 Å². The Bertz CT molecular complexity index is 1130. The van der Waals surface area contributed by atoms with E-state index in [-0.39, 0.29) is 17.6 Å². The first kappa shape index (κ1) is 21.4. The van der Waals surface area contributed by atoms with E-state index in [1.54, 1.807) is 24.5 Å². The van der Waals surface area contributed by atoms with Crippen molar-refractivity contribution < 1.29 is 14.0 Å². The van der Waals surface area contributed by atoms with E-state index in [0.29, 0.717) is 44.5 Å². The van der Waals surface area contributed by atoms with Crippen molar-refractivity contribution >= 4 is 17.5 Å². The molecular formula is C23H23FN6O2. The van der Waals surface area contributed by atoms with Crippen LogP contribution in [0.3, 0.4) is 0 Å². The van der Waals surface area contributed by atoms with Gasteiger partial charge in [0, 0.05) is 48.6 Å². The van der Waals surface area contributed by atoms with Gasteiger partial charge in [0.05, 0.1) is 17.9 Å². The number of amides is 2. The Balaban J connectivity index is 1.40. The molecule has 0 saturated heterocycles. The molecule has 0 spiro atoms. The van der Waals surface area contributed by atoms with Gasteiger partial charge >= 0.3 is 0 Å². The van der Waals surface area contributed by atoms with Crippen LogP contribution >= 0.6 is 0 Å². The van der Waals surface area contributed by atoms with Gasteiger partial charge in [-0.05, 0) is 55.3 Å². The first-order valence-electron chi connectivity index (χ1n) is 10.4. The van der Waals surface area contributed by atoms with Gasteiger partial charge in [0.25, 0.3) is 0 Å². The van der Waals surface area contributed by atoms with Gasteiger partial charge in [-0.1, -0.05) is 0 Å². The third-order valence-corrected chi connectivity index (χ3v) is 5.14. The Morgan fingerprint density at radius 3 is 2.72 bits per heavy atom. The fraction of sp³-hybridized carbons (Fsp3) is 0.261. The molecule has 0 atom stereocenters. The lowest BCUT2D eigenvalue weighted by Gasteiger charge is -2.12. The van der Waals surface area contributed by atoms with Crippen LogP contribution in [-0.4, -0.2) is 38.8 Å². The highest BCUT2D eigenvalue weighted by atomic mass is 19.1. The van der Waals surface area contributed by atoms with Crippen LogP contribution in [0, 0.1) is 5.82 Å². The molecule has 4 rings (SSSR count). The van der Waals surface area contributed by atoms with Gasteiger partial charge in [-0.2, -0.15) is 10.2 Å². The maximum atomic E-state index is 13.3. The third-order valence-electron chi connectivity index (χ3n) is 5.14. The third kappa shape index (κ3) is 5.42. The Labute approximate surface area is 184 Å². The van der Waals surface area contributed by atoms with Crippen molar-refractivity contribution in [2.45, 2.75) is 32.2 Å². The molecule has 0 unspecified atom stereocenters. The maximum Gasteiger partial charge on any atom is 0.240 e. The van der Waals surface area contributed by atoms with Gasteiger partial charge in [0.1, 0.15) is 5.82 Å². The molecule has 3 heterocycles. The fourth-order valence-corrected chi connectivity index (χ4v) is 3.43. The monoisotopic (exact) mass is 434 g/mol. The second kappa shape index (κ2) is 9.95. The Morgan fingerprint density at radius 2 is 2.00 bits per heavy atom. The normalized spacial score (nSPS) is 13.4. The van der Waals surface area contributed by atoms with E-state index < -0.39 is 0 Å². The van der Waals surface area contributed by atoms with E-state index in [4.69, 9.17) is 0 Å². The molecule has 1 aromatic carbocycles. The highest BCUT2D eigenvalue weighted by molar-refractivity contribution is 5.94. The van der Waals surface area contributed by atoms with Gasteiger partial charge in [-0.25, -0.2) is 9.82 Å². The van der Waals surface area contributed by atoms with Crippen LogP contribution in [0.1, 0.15) is 25.7 Å². The predicted octanol–water partition coefficient (Wildman–Crippen LogP) is 2.91. The molecule has 0 aliphatic carbocycles. The number of hydrogen-bond donors (Lipinski definition) is 2. The lowest BCUT2D eigenvalue weighted by molar-refractivity contribution is -0.121. The highest BCUT2D eigenvalue weighted by Gasteiger charge is 2.14. The number of hydrazone groups is 1. The maximum absolute atomic E-state index is 13.3. The van der Waals surface area contributed by atoms with Crippen molar-refractivity contribution in [1.29, 1.82) is 0 Å². The van der Waals surface area contributed by atoms with Gasteiger partial charge in [0.15, 0.2) is 0 Å². The molecule has 2 aromatic heterocycles. The average molecular weight is 434 g/mol. The fourth-order valence-electron chi connectivity index (χ4n) is 3.43. The SMILES string of the molecule is O=C(CCC1=NNC(=O)CC1)NCCn1nc(-c2ccc(F)cc2)cc1-c1cccnc1. The zero-order valence-electron chi connectivity index (χ0n) is 17.4. The largest absolute Gasteiger partial charge is 0.354 e. The van der Waals surface area contributed by atoms with Crippen LogP contribution in [0.4, 0.5) is 4.39 Å². The zero-order chi connectivity index (χ0) is 22.3. The van der Waals surface area contributed by atoms with Crippen molar-refractivity contribution in [3.05, 3.63) is 60.7 Å². The number of pyridine rings is 1. The Morgan fingerprint density at radius 1 is 1.16 bits per heavy atom. The molecule has 164 valence electrons. The minimum atomic E-state index is -0.301. The average Bonchev–Trinajstić information content (AvgIpc) is 3.24. The summed E-state index contributed by atoms with van der Waals surface area (Å²) in [6.07, 6.45) is 5.28. The molecule has 9 heteroatoms. The van der Waals surface area contributed by atoms with Crippen molar-refractivity contribution in [2.24, 2.45) is 5.10 Å². The topological polar surface area (TPSA) is 101 Å². The number of carbonyl (C=O) groups excluding carboxylic acids is 2. The summed E-state index contributed by atoms with van der Waals surface area (Å²) in [6, 6.07) is 11.9. The lowest BCUT2D eigenvalue weighted by Crippen LogP contribution is -2.29. The summed E-state index contributed by atoms with van der Waals surface area (Å²) in [5.74, 6) is -0.481. The standard InChI is InChI=1S/C23H23FN6O2/c24-18-5-3-16(4-6-18)20-14-21(17-2-1-11-25-15-17)30(29-20)13-12-26-22(31)9-7-19-8-10-23(32)28-27-19/h1-6,11,14-15H,7-10,12-13H2,(H,26,31)(H,28,32). The van der Waals surface area contributed by atoms with Crippen molar-refractivity contribution in [2.75, 3.05) is 6.54 Å². The molecule has 32 heavy (non-hydrogen) atoms. The van der Waals surface area contributed by atoms with Gasteiger partial charge in [0.2, 0.25) is 11.8 Å². The number of nitrogens with one attached hydrogen (secondary N) is 2. The summed E-state index contributed by atoms with van der Waals surface area (Å²) in [6.45, 7) is 0.869. The van der Waals surface area contributed by atoms with Crippen molar-refractivity contribution in [1.82, 2.24) is 25.5 Å². The second-order valence-corrected chi connectivity index (χ2v) is 7.45. The van der Waals surface area contributed by atoms with Crippen LogP contribution in [0.15, 0.2) is 60.0 Å². The number of halogens is 1. The van der Waals surface area contributed by atoms with E-state index in [0.717, 1.165) is 22.5 Å². The number of benzene rings is 1. The number of hydrogen-bond acceptors (Lipinski definition) is 5. The van der Waals surface area contributed by atoms with Gasteiger partial charge in [-0.3, -0.25) is 19.3 Å². The number of rotatable bonds is 8. The van der Waals surface area contributed by atoms with E-state index in [1.807, 2.05) is 22.9 Å². The molecule has 0 bridgehead atoms. The summed E-state index contributed by atoms with van der Waals surface area (Å²) in [4.78, 5) is 27.5. The highest BCUT2D eigenvalue weighted by Crippen LogP contribution is 2.26. The quantitative estimate of drug-likeness (QED) is 0.569. The summed E-state index contributed by atoms with van der Waals surface area (Å²) in [5, 5.41) is 11.6. The minimum Gasteiger partial charge on any atom is -0.354 e. The van der Waals surface area contributed by atoms with Crippen LogP contribution in [0.5, 0.6) is 0 Å². The van der Waals surface area contributed by atoms with E-state index in [1.165, 1.54) is 12.1 Å².